The second-order valence-corrected chi connectivity index (χ2v) is 2.11. The minimum Gasteiger partial charge on any atom is -0.412 e. The third-order valence-corrected chi connectivity index (χ3v) is 1.33. The summed E-state index contributed by atoms with van der Waals surface area (Å²) in [5, 5.41) is 3.21. The molecule has 1 atom stereocenters. The minimum absolute atomic E-state index is 0. The zero-order valence-electron chi connectivity index (χ0n) is 4.98. The molecule has 0 aliphatic carbocycles. The monoisotopic (exact) mass is 118 g/mol. The van der Waals surface area contributed by atoms with E-state index in [9.17, 15) is 0 Å². The molecule has 1 heterocycles. The standard InChI is InChI=1S/C5H12N2.H2O/c6-5-2-1-3-7-4-5;/h5,7H,1-4,6H2;1H2/t5-;/m0./s1. The summed E-state index contributed by atoms with van der Waals surface area (Å²) in [6, 6.07) is 0.425. The van der Waals surface area contributed by atoms with E-state index in [1.165, 1.54) is 12.8 Å². The van der Waals surface area contributed by atoms with Gasteiger partial charge >= 0.3 is 0 Å². The predicted octanol–water partition coefficient (Wildman–Crippen LogP) is -1.13. The predicted molar refractivity (Wildman–Crippen MR) is 33.7 cm³/mol. The maximum Gasteiger partial charge on any atom is 0.0165 e. The first-order valence-corrected chi connectivity index (χ1v) is 2.86. The van der Waals surface area contributed by atoms with E-state index in [1.54, 1.807) is 0 Å². The molecule has 5 N–H and O–H groups in total. The van der Waals surface area contributed by atoms with Gasteiger partial charge in [0.25, 0.3) is 0 Å². The first kappa shape index (κ1) is 7.88. The third-order valence-electron chi connectivity index (χ3n) is 1.33. The number of hydrogen-bond acceptors (Lipinski definition) is 2. The van der Waals surface area contributed by atoms with E-state index in [-0.39, 0.29) is 5.48 Å². The Morgan fingerprint density at radius 1 is 1.50 bits per heavy atom. The van der Waals surface area contributed by atoms with Crippen molar-refractivity contribution in [2.24, 2.45) is 5.73 Å². The molecular formula is C5H14N2O. The van der Waals surface area contributed by atoms with Crippen molar-refractivity contribution < 1.29 is 5.48 Å². The summed E-state index contributed by atoms with van der Waals surface area (Å²) >= 11 is 0. The van der Waals surface area contributed by atoms with Crippen LogP contribution in [0.1, 0.15) is 12.8 Å². The van der Waals surface area contributed by atoms with Gasteiger partial charge in [0.15, 0.2) is 0 Å². The molecule has 1 fully saturated rings. The zero-order chi connectivity index (χ0) is 5.11. The number of nitrogens with one attached hydrogen (secondary N) is 1. The van der Waals surface area contributed by atoms with Crippen LogP contribution in [0.4, 0.5) is 0 Å². The smallest absolute Gasteiger partial charge is 0.0165 e. The Morgan fingerprint density at radius 2 is 2.25 bits per heavy atom. The number of rotatable bonds is 0. The molecule has 1 saturated heterocycles. The molecule has 1 rings (SSSR count). The molecule has 1 aliphatic heterocycles. The van der Waals surface area contributed by atoms with Crippen LogP contribution in [0.25, 0.3) is 0 Å². The number of hydrogen-bond donors (Lipinski definition) is 2. The molecule has 8 heavy (non-hydrogen) atoms. The summed E-state index contributed by atoms with van der Waals surface area (Å²) in [7, 11) is 0. The van der Waals surface area contributed by atoms with Gasteiger partial charge in [-0.2, -0.15) is 0 Å². The fraction of sp³-hybridized carbons (Fsp3) is 1.00. The Balaban J connectivity index is 0.000000490. The van der Waals surface area contributed by atoms with Crippen LogP contribution in [0, 0.1) is 0 Å². The van der Waals surface area contributed by atoms with Crippen LogP contribution in [0.5, 0.6) is 0 Å². The van der Waals surface area contributed by atoms with Gasteiger partial charge in [-0.15, -0.1) is 0 Å². The van der Waals surface area contributed by atoms with Gasteiger partial charge in [0.2, 0.25) is 0 Å². The van der Waals surface area contributed by atoms with E-state index in [2.05, 4.69) is 5.32 Å². The van der Waals surface area contributed by atoms with Crippen molar-refractivity contribution in [2.75, 3.05) is 13.1 Å². The highest BCUT2D eigenvalue weighted by Gasteiger charge is 2.05. The second kappa shape index (κ2) is 3.83. The topological polar surface area (TPSA) is 69.5 Å². The van der Waals surface area contributed by atoms with Gasteiger partial charge in [0.05, 0.1) is 0 Å². The van der Waals surface area contributed by atoms with Crippen molar-refractivity contribution in [1.82, 2.24) is 5.32 Å². The van der Waals surface area contributed by atoms with Crippen molar-refractivity contribution in [3.8, 4) is 0 Å². The molecule has 0 spiro atoms. The zero-order valence-corrected chi connectivity index (χ0v) is 4.98. The molecular weight excluding hydrogens is 104 g/mol. The molecule has 0 radical (unpaired) electrons. The lowest BCUT2D eigenvalue weighted by atomic mass is 10.1. The Kier molecular flexibility index (Phi) is 3.77. The molecule has 1 aliphatic rings. The van der Waals surface area contributed by atoms with Gasteiger partial charge in [0.1, 0.15) is 0 Å². The first-order valence-electron chi connectivity index (χ1n) is 2.86. The fourth-order valence-electron chi connectivity index (χ4n) is 0.879. The number of piperidine rings is 1. The van der Waals surface area contributed by atoms with Crippen LogP contribution >= 0.6 is 0 Å². The molecule has 0 aromatic heterocycles. The summed E-state index contributed by atoms with van der Waals surface area (Å²) in [5.41, 5.74) is 5.57. The average Bonchev–Trinajstić information content (AvgIpc) is 1.69. The van der Waals surface area contributed by atoms with Crippen LogP contribution in [-0.4, -0.2) is 24.6 Å². The SMILES string of the molecule is N[C@H]1CCCNC1.O. The van der Waals surface area contributed by atoms with Crippen LogP contribution in [0.3, 0.4) is 0 Å². The first-order chi connectivity index (χ1) is 3.39. The van der Waals surface area contributed by atoms with Gasteiger partial charge in [-0.3, -0.25) is 0 Å². The van der Waals surface area contributed by atoms with Gasteiger partial charge in [-0.25, -0.2) is 0 Å². The van der Waals surface area contributed by atoms with Gasteiger partial charge in [-0.05, 0) is 19.4 Å². The lowest BCUT2D eigenvalue weighted by Gasteiger charge is -2.17. The Labute approximate surface area is 49.6 Å². The molecule has 0 bridgehead atoms. The van der Waals surface area contributed by atoms with Crippen LogP contribution in [-0.2, 0) is 0 Å². The van der Waals surface area contributed by atoms with E-state index in [4.69, 9.17) is 5.73 Å². The van der Waals surface area contributed by atoms with Crippen molar-refractivity contribution in [1.29, 1.82) is 0 Å². The maximum atomic E-state index is 5.57. The van der Waals surface area contributed by atoms with Crippen LogP contribution < -0.4 is 11.1 Å². The Hall–Kier alpha value is -0.120. The summed E-state index contributed by atoms with van der Waals surface area (Å²) in [6.45, 7) is 2.17. The molecule has 3 nitrogen and oxygen atoms in total. The normalized spacial score (nSPS) is 28.9. The fourth-order valence-corrected chi connectivity index (χ4v) is 0.879. The lowest BCUT2D eigenvalue weighted by molar-refractivity contribution is 0.459. The van der Waals surface area contributed by atoms with Crippen molar-refractivity contribution >= 4 is 0 Å². The largest absolute Gasteiger partial charge is 0.412 e. The quantitative estimate of drug-likeness (QED) is 0.422. The van der Waals surface area contributed by atoms with E-state index < -0.39 is 0 Å². The second-order valence-electron chi connectivity index (χ2n) is 2.11. The molecule has 0 amide bonds. The molecule has 50 valence electrons. The molecule has 0 aromatic rings. The Bertz CT molecular complexity index is 52.4. The summed E-state index contributed by atoms with van der Waals surface area (Å²) < 4.78 is 0. The number of nitrogens with two attached hydrogens (primary N) is 1. The molecule has 0 aromatic carbocycles. The average molecular weight is 118 g/mol. The lowest BCUT2D eigenvalue weighted by Crippen LogP contribution is -2.39. The van der Waals surface area contributed by atoms with Gasteiger partial charge in [-0.1, -0.05) is 0 Å². The highest BCUT2D eigenvalue weighted by Crippen LogP contribution is 1.96. The van der Waals surface area contributed by atoms with Crippen LogP contribution in [0.2, 0.25) is 0 Å². The summed E-state index contributed by atoms with van der Waals surface area (Å²) in [5.74, 6) is 0. The highest BCUT2D eigenvalue weighted by molar-refractivity contribution is 4.69. The van der Waals surface area contributed by atoms with Crippen LogP contribution in [0.15, 0.2) is 0 Å². The van der Waals surface area contributed by atoms with E-state index in [1.807, 2.05) is 0 Å². The van der Waals surface area contributed by atoms with Crippen molar-refractivity contribution in [2.45, 2.75) is 18.9 Å². The molecule has 0 saturated carbocycles. The molecule has 3 heteroatoms. The minimum atomic E-state index is 0. The Morgan fingerprint density at radius 3 is 2.50 bits per heavy atom. The van der Waals surface area contributed by atoms with E-state index in [0.717, 1.165) is 13.1 Å². The van der Waals surface area contributed by atoms with Crippen molar-refractivity contribution in [3.05, 3.63) is 0 Å². The van der Waals surface area contributed by atoms with E-state index in [0.29, 0.717) is 6.04 Å². The molecule has 0 unspecified atom stereocenters. The van der Waals surface area contributed by atoms with Gasteiger partial charge < -0.3 is 16.5 Å². The van der Waals surface area contributed by atoms with E-state index >= 15 is 0 Å². The third kappa shape index (κ3) is 2.26. The summed E-state index contributed by atoms with van der Waals surface area (Å²) in [6.07, 6.45) is 2.45. The van der Waals surface area contributed by atoms with Gasteiger partial charge in [0, 0.05) is 12.6 Å². The highest BCUT2D eigenvalue weighted by atomic mass is 16.0. The summed E-state index contributed by atoms with van der Waals surface area (Å²) in [4.78, 5) is 0. The van der Waals surface area contributed by atoms with Crippen molar-refractivity contribution in [3.63, 3.8) is 0 Å². The maximum absolute atomic E-state index is 5.57.